The molecule has 1 fully saturated rings. The SMILES string of the molecule is COc1ccc(C2CCC[NH+]2Cc2nc(N)nc(Nc3ccc(C)cc3)n2)c(OC)c1. The number of benzene rings is 2. The fourth-order valence-electron chi connectivity index (χ4n) is 4.15. The first kappa shape index (κ1) is 20.9. The van der Waals surface area contributed by atoms with E-state index >= 15 is 0 Å². The van der Waals surface area contributed by atoms with Gasteiger partial charge in [-0.05, 0) is 31.2 Å². The number of anilines is 3. The summed E-state index contributed by atoms with van der Waals surface area (Å²) in [6.45, 7) is 3.75. The highest BCUT2D eigenvalue weighted by Crippen LogP contribution is 2.31. The average Bonchev–Trinajstić information content (AvgIpc) is 3.22. The Kier molecular flexibility index (Phi) is 6.18. The summed E-state index contributed by atoms with van der Waals surface area (Å²) in [5, 5.41) is 3.23. The topological polar surface area (TPSA) is 99.6 Å². The molecular formula is C23H29N6O2+. The molecule has 2 atom stereocenters. The Morgan fingerprint density at radius 1 is 1.06 bits per heavy atom. The van der Waals surface area contributed by atoms with E-state index in [1.54, 1.807) is 14.2 Å². The summed E-state index contributed by atoms with van der Waals surface area (Å²) in [7, 11) is 3.36. The quantitative estimate of drug-likeness (QED) is 0.539. The molecule has 0 aliphatic carbocycles. The van der Waals surface area contributed by atoms with Crippen LogP contribution in [-0.2, 0) is 6.54 Å². The van der Waals surface area contributed by atoms with E-state index in [2.05, 4.69) is 33.3 Å². The van der Waals surface area contributed by atoms with Crippen molar-refractivity contribution in [3.8, 4) is 11.5 Å². The van der Waals surface area contributed by atoms with E-state index in [-0.39, 0.29) is 5.95 Å². The van der Waals surface area contributed by atoms with Crippen LogP contribution in [0.4, 0.5) is 17.6 Å². The van der Waals surface area contributed by atoms with Crippen LogP contribution in [0.5, 0.6) is 11.5 Å². The lowest BCUT2D eigenvalue weighted by atomic mass is 10.0. The number of nitrogen functional groups attached to an aromatic ring is 1. The number of rotatable bonds is 7. The number of aryl methyl sites for hydroxylation is 1. The smallest absolute Gasteiger partial charge is 0.232 e. The Hall–Kier alpha value is -3.39. The van der Waals surface area contributed by atoms with Gasteiger partial charge < -0.3 is 25.4 Å². The summed E-state index contributed by atoms with van der Waals surface area (Å²) in [6.07, 6.45) is 2.21. The average molecular weight is 422 g/mol. The van der Waals surface area contributed by atoms with Crippen molar-refractivity contribution in [1.82, 2.24) is 15.0 Å². The van der Waals surface area contributed by atoms with Crippen LogP contribution in [0.25, 0.3) is 0 Å². The zero-order valence-corrected chi connectivity index (χ0v) is 18.2. The second kappa shape index (κ2) is 9.18. The number of nitrogens with two attached hydrogens (primary N) is 1. The predicted molar refractivity (Wildman–Crippen MR) is 120 cm³/mol. The second-order valence-corrected chi connectivity index (χ2v) is 7.81. The van der Waals surface area contributed by atoms with Gasteiger partial charge in [0.05, 0.1) is 26.3 Å². The summed E-state index contributed by atoms with van der Waals surface area (Å²) < 4.78 is 11.0. The molecule has 4 rings (SSSR count). The fraction of sp³-hybridized carbons (Fsp3) is 0.348. The molecule has 162 valence electrons. The standard InChI is InChI=1S/C23H28N6O2/c1-15-6-8-16(9-7-15)25-23-27-21(26-22(24)28-23)14-29-12-4-5-19(29)18-11-10-17(30-2)13-20(18)31-3/h6-11,13,19H,4-5,12,14H2,1-3H3,(H3,24,25,26,27,28)/p+1. The summed E-state index contributed by atoms with van der Waals surface area (Å²) >= 11 is 0. The number of aromatic nitrogens is 3. The van der Waals surface area contributed by atoms with Gasteiger partial charge in [-0.2, -0.15) is 15.0 Å². The second-order valence-electron chi connectivity index (χ2n) is 7.81. The largest absolute Gasteiger partial charge is 0.497 e. The Balaban J connectivity index is 1.54. The van der Waals surface area contributed by atoms with Crippen molar-refractivity contribution in [2.45, 2.75) is 32.4 Å². The number of hydrogen-bond donors (Lipinski definition) is 3. The molecule has 2 aromatic carbocycles. The van der Waals surface area contributed by atoms with Crippen LogP contribution in [0.3, 0.4) is 0 Å². The minimum atomic E-state index is 0.219. The van der Waals surface area contributed by atoms with Gasteiger partial charge in [-0.15, -0.1) is 0 Å². The molecule has 8 heteroatoms. The van der Waals surface area contributed by atoms with Gasteiger partial charge in [-0.25, -0.2) is 0 Å². The molecule has 0 amide bonds. The number of hydrogen-bond acceptors (Lipinski definition) is 7. The lowest BCUT2D eigenvalue weighted by Crippen LogP contribution is -3.09. The van der Waals surface area contributed by atoms with E-state index in [1.165, 1.54) is 16.0 Å². The lowest BCUT2D eigenvalue weighted by molar-refractivity contribution is -0.932. The molecule has 4 N–H and O–H groups in total. The van der Waals surface area contributed by atoms with Gasteiger partial charge in [0, 0.05) is 24.6 Å². The molecule has 0 bridgehead atoms. The van der Waals surface area contributed by atoms with Gasteiger partial charge in [0.25, 0.3) is 0 Å². The van der Waals surface area contributed by atoms with E-state index in [9.17, 15) is 0 Å². The molecule has 0 spiro atoms. The van der Waals surface area contributed by atoms with Crippen molar-refractivity contribution in [1.29, 1.82) is 0 Å². The minimum Gasteiger partial charge on any atom is -0.497 e. The van der Waals surface area contributed by atoms with Gasteiger partial charge in [-0.3, -0.25) is 0 Å². The third-order valence-electron chi connectivity index (χ3n) is 5.69. The number of methoxy groups -OCH3 is 2. The normalized spacial score (nSPS) is 18.0. The lowest BCUT2D eigenvalue weighted by Gasteiger charge is -2.23. The Bertz CT molecular complexity index is 1040. The number of ether oxygens (including phenoxy) is 2. The molecule has 1 aliphatic heterocycles. The van der Waals surface area contributed by atoms with Crippen molar-refractivity contribution in [2.24, 2.45) is 0 Å². The highest BCUT2D eigenvalue weighted by molar-refractivity contribution is 5.54. The van der Waals surface area contributed by atoms with Crippen molar-refractivity contribution in [3.05, 3.63) is 59.4 Å². The van der Waals surface area contributed by atoms with Gasteiger partial charge >= 0.3 is 0 Å². The Morgan fingerprint density at radius 3 is 2.61 bits per heavy atom. The summed E-state index contributed by atoms with van der Waals surface area (Å²) in [5.41, 5.74) is 9.27. The number of nitrogens with one attached hydrogen (secondary N) is 2. The number of nitrogens with zero attached hydrogens (tertiary/aromatic N) is 3. The first-order chi connectivity index (χ1) is 15.1. The fourth-order valence-corrected chi connectivity index (χ4v) is 4.15. The predicted octanol–water partition coefficient (Wildman–Crippen LogP) is 2.44. The third kappa shape index (κ3) is 4.86. The molecular weight excluding hydrogens is 392 g/mol. The van der Waals surface area contributed by atoms with Crippen molar-refractivity contribution >= 4 is 17.6 Å². The molecule has 0 radical (unpaired) electrons. The molecule has 2 unspecified atom stereocenters. The number of likely N-dealkylation sites (tertiary alicyclic amines) is 1. The molecule has 1 aliphatic rings. The third-order valence-corrected chi connectivity index (χ3v) is 5.69. The van der Waals surface area contributed by atoms with Crippen molar-refractivity contribution in [3.63, 3.8) is 0 Å². The van der Waals surface area contributed by atoms with Crippen LogP contribution >= 0.6 is 0 Å². The van der Waals surface area contributed by atoms with Crippen molar-refractivity contribution < 1.29 is 14.4 Å². The van der Waals surface area contributed by atoms with Crippen LogP contribution in [0.1, 0.15) is 35.8 Å². The van der Waals surface area contributed by atoms with Gasteiger partial charge in [0.1, 0.15) is 24.1 Å². The van der Waals surface area contributed by atoms with E-state index in [4.69, 9.17) is 15.2 Å². The van der Waals surface area contributed by atoms with E-state index in [1.807, 2.05) is 36.4 Å². The summed E-state index contributed by atoms with van der Waals surface area (Å²) in [6, 6.07) is 14.4. The molecule has 0 saturated carbocycles. The minimum absolute atomic E-state index is 0.219. The zero-order valence-electron chi connectivity index (χ0n) is 18.2. The molecule has 8 nitrogen and oxygen atoms in total. The molecule has 1 aromatic heterocycles. The summed E-state index contributed by atoms with van der Waals surface area (Å²) in [5.74, 6) is 3.00. The summed E-state index contributed by atoms with van der Waals surface area (Å²) in [4.78, 5) is 14.7. The van der Waals surface area contributed by atoms with Crippen LogP contribution < -0.4 is 25.4 Å². The maximum Gasteiger partial charge on any atom is 0.232 e. The first-order valence-corrected chi connectivity index (χ1v) is 10.5. The van der Waals surface area contributed by atoms with Gasteiger partial charge in [-0.1, -0.05) is 17.7 Å². The van der Waals surface area contributed by atoms with E-state index in [0.717, 1.165) is 36.6 Å². The van der Waals surface area contributed by atoms with Crippen LogP contribution in [0, 0.1) is 6.92 Å². The number of quaternary nitrogens is 1. The van der Waals surface area contributed by atoms with Gasteiger partial charge in [0.15, 0.2) is 5.82 Å². The van der Waals surface area contributed by atoms with E-state index < -0.39 is 0 Å². The van der Waals surface area contributed by atoms with Crippen LogP contribution in [0.2, 0.25) is 0 Å². The highest BCUT2D eigenvalue weighted by atomic mass is 16.5. The Morgan fingerprint density at radius 2 is 1.87 bits per heavy atom. The molecule has 3 aromatic rings. The maximum absolute atomic E-state index is 5.99. The van der Waals surface area contributed by atoms with Crippen LogP contribution in [-0.4, -0.2) is 35.7 Å². The van der Waals surface area contributed by atoms with Crippen molar-refractivity contribution in [2.75, 3.05) is 31.8 Å². The molecule has 2 heterocycles. The van der Waals surface area contributed by atoms with Gasteiger partial charge in [0.2, 0.25) is 11.9 Å². The molecule has 1 saturated heterocycles. The first-order valence-electron chi connectivity index (χ1n) is 10.5. The van der Waals surface area contributed by atoms with E-state index in [0.29, 0.717) is 24.4 Å². The molecule has 31 heavy (non-hydrogen) atoms. The highest BCUT2D eigenvalue weighted by Gasteiger charge is 2.33. The Labute approximate surface area is 182 Å². The zero-order chi connectivity index (χ0) is 21.8. The monoisotopic (exact) mass is 421 g/mol. The maximum atomic E-state index is 5.99. The van der Waals surface area contributed by atoms with Crippen LogP contribution in [0.15, 0.2) is 42.5 Å².